The van der Waals surface area contributed by atoms with Crippen molar-refractivity contribution in [1.29, 1.82) is 0 Å². The van der Waals surface area contributed by atoms with E-state index in [-0.39, 0.29) is 0 Å². The van der Waals surface area contributed by atoms with Gasteiger partial charge in [0.05, 0.1) is 5.56 Å². The molecule has 0 aromatic carbocycles. The second-order valence-corrected chi connectivity index (χ2v) is 3.55. The van der Waals surface area contributed by atoms with Gasteiger partial charge in [-0.3, -0.25) is 0 Å². The predicted octanol–water partition coefficient (Wildman–Crippen LogP) is 0.767. The Morgan fingerprint density at radius 3 is 2.73 bits per heavy atom. The van der Waals surface area contributed by atoms with Crippen molar-refractivity contribution in [2.24, 2.45) is 0 Å². The molecule has 1 heterocycles. The molecule has 1 rings (SSSR count). The third-order valence-corrected chi connectivity index (χ3v) is 2.05. The zero-order valence-corrected chi connectivity index (χ0v) is 9.74. The molecule has 0 saturated carbocycles. The van der Waals surface area contributed by atoms with E-state index >= 15 is 0 Å². The van der Waals surface area contributed by atoms with Crippen molar-refractivity contribution < 1.29 is 4.74 Å². The summed E-state index contributed by atoms with van der Waals surface area (Å²) in [6.45, 7) is 3.45. The summed E-state index contributed by atoms with van der Waals surface area (Å²) in [6, 6.07) is 0. The zero-order valence-electron chi connectivity index (χ0n) is 9.74. The van der Waals surface area contributed by atoms with E-state index in [1.54, 1.807) is 0 Å². The van der Waals surface area contributed by atoms with Gasteiger partial charge in [-0.2, -0.15) is 0 Å². The van der Waals surface area contributed by atoms with Gasteiger partial charge in [-0.25, -0.2) is 9.97 Å². The Kier molecular flexibility index (Phi) is 4.30. The van der Waals surface area contributed by atoms with Crippen LogP contribution in [0.4, 0.5) is 5.82 Å². The van der Waals surface area contributed by atoms with Crippen molar-refractivity contribution in [2.75, 3.05) is 39.6 Å². The second kappa shape index (κ2) is 5.50. The van der Waals surface area contributed by atoms with Crippen LogP contribution in [0.25, 0.3) is 0 Å². The van der Waals surface area contributed by atoms with Crippen LogP contribution in [0.15, 0.2) is 6.33 Å². The monoisotopic (exact) mass is 210 g/mol. The van der Waals surface area contributed by atoms with Crippen LogP contribution < -0.4 is 10.1 Å². The third kappa shape index (κ3) is 3.36. The van der Waals surface area contributed by atoms with Gasteiger partial charge in [0, 0.05) is 13.6 Å². The molecule has 0 amide bonds. The first-order chi connectivity index (χ1) is 7.15. The van der Waals surface area contributed by atoms with Gasteiger partial charge in [0.25, 0.3) is 0 Å². The van der Waals surface area contributed by atoms with Crippen LogP contribution >= 0.6 is 0 Å². The van der Waals surface area contributed by atoms with Gasteiger partial charge in [-0.1, -0.05) is 0 Å². The third-order valence-electron chi connectivity index (χ3n) is 2.05. The van der Waals surface area contributed by atoms with E-state index in [1.807, 2.05) is 28.1 Å². The Morgan fingerprint density at radius 1 is 1.40 bits per heavy atom. The number of rotatable bonds is 5. The Bertz CT molecular complexity index is 314. The molecular weight excluding hydrogens is 192 g/mol. The van der Waals surface area contributed by atoms with E-state index in [1.165, 1.54) is 6.33 Å². The lowest BCUT2D eigenvalue weighted by Gasteiger charge is -2.12. The van der Waals surface area contributed by atoms with Gasteiger partial charge in [0.2, 0.25) is 5.88 Å². The average Bonchev–Trinajstić information content (AvgIpc) is 2.20. The van der Waals surface area contributed by atoms with Crippen molar-refractivity contribution in [3.63, 3.8) is 0 Å². The molecule has 84 valence electrons. The summed E-state index contributed by atoms with van der Waals surface area (Å²) in [5.74, 6) is 1.46. The first-order valence-electron chi connectivity index (χ1n) is 4.92. The molecule has 1 N–H and O–H groups in total. The van der Waals surface area contributed by atoms with E-state index in [0.717, 1.165) is 17.9 Å². The van der Waals surface area contributed by atoms with Gasteiger partial charge in [-0.05, 0) is 21.0 Å². The summed E-state index contributed by atoms with van der Waals surface area (Å²) in [7, 11) is 5.85. The summed E-state index contributed by atoms with van der Waals surface area (Å²) in [6.07, 6.45) is 1.50. The maximum Gasteiger partial charge on any atom is 0.221 e. The lowest BCUT2D eigenvalue weighted by atomic mass is 10.3. The quantitative estimate of drug-likeness (QED) is 0.778. The van der Waals surface area contributed by atoms with E-state index in [9.17, 15) is 0 Å². The Labute approximate surface area is 90.5 Å². The Morgan fingerprint density at radius 2 is 2.13 bits per heavy atom. The topological polar surface area (TPSA) is 50.3 Å². The molecule has 0 unspecified atom stereocenters. The summed E-state index contributed by atoms with van der Waals surface area (Å²) in [5.41, 5.74) is 0.943. The molecule has 0 spiro atoms. The Hall–Kier alpha value is -1.36. The maximum absolute atomic E-state index is 5.56. The molecule has 0 aliphatic carbocycles. The van der Waals surface area contributed by atoms with E-state index in [4.69, 9.17) is 4.74 Å². The maximum atomic E-state index is 5.56. The normalized spacial score (nSPS) is 10.5. The van der Waals surface area contributed by atoms with Crippen LogP contribution in [0.1, 0.15) is 5.56 Å². The number of hydrogen-bond acceptors (Lipinski definition) is 5. The highest BCUT2D eigenvalue weighted by atomic mass is 16.5. The molecule has 0 saturated heterocycles. The van der Waals surface area contributed by atoms with Gasteiger partial charge in [0.1, 0.15) is 18.8 Å². The number of anilines is 1. The standard InChI is InChI=1S/C10H18N4O/c1-8-9(11-2)12-7-13-10(8)15-6-5-14(3)4/h7H,5-6H2,1-4H3,(H,11,12,13). The molecule has 0 fully saturated rings. The van der Waals surface area contributed by atoms with Crippen LogP contribution in [0, 0.1) is 6.92 Å². The fourth-order valence-corrected chi connectivity index (χ4v) is 1.16. The highest BCUT2D eigenvalue weighted by molar-refractivity contribution is 5.46. The van der Waals surface area contributed by atoms with Crippen LogP contribution in [0.3, 0.4) is 0 Å². The minimum atomic E-state index is 0.633. The van der Waals surface area contributed by atoms with Crippen LogP contribution in [-0.4, -0.2) is 49.2 Å². The van der Waals surface area contributed by atoms with Crippen molar-refractivity contribution in [3.8, 4) is 5.88 Å². The van der Waals surface area contributed by atoms with Gasteiger partial charge < -0.3 is 15.0 Å². The number of nitrogens with zero attached hydrogens (tertiary/aromatic N) is 3. The van der Waals surface area contributed by atoms with Crippen molar-refractivity contribution in [2.45, 2.75) is 6.92 Å². The highest BCUT2D eigenvalue weighted by Crippen LogP contribution is 2.19. The van der Waals surface area contributed by atoms with E-state index < -0.39 is 0 Å². The first-order valence-corrected chi connectivity index (χ1v) is 4.92. The van der Waals surface area contributed by atoms with Crippen molar-refractivity contribution in [1.82, 2.24) is 14.9 Å². The van der Waals surface area contributed by atoms with Crippen molar-refractivity contribution in [3.05, 3.63) is 11.9 Å². The molecule has 0 bridgehead atoms. The zero-order chi connectivity index (χ0) is 11.3. The van der Waals surface area contributed by atoms with Gasteiger partial charge in [0.15, 0.2) is 0 Å². The van der Waals surface area contributed by atoms with Crippen LogP contribution in [0.5, 0.6) is 5.88 Å². The molecule has 0 atom stereocenters. The number of ether oxygens (including phenoxy) is 1. The predicted molar refractivity (Wildman–Crippen MR) is 60.4 cm³/mol. The minimum absolute atomic E-state index is 0.633. The molecule has 0 radical (unpaired) electrons. The number of nitrogens with one attached hydrogen (secondary N) is 1. The number of hydrogen-bond donors (Lipinski definition) is 1. The van der Waals surface area contributed by atoms with Gasteiger partial charge >= 0.3 is 0 Å². The largest absolute Gasteiger partial charge is 0.476 e. The SMILES string of the molecule is CNc1ncnc(OCCN(C)C)c1C. The minimum Gasteiger partial charge on any atom is -0.476 e. The van der Waals surface area contributed by atoms with Gasteiger partial charge in [-0.15, -0.1) is 0 Å². The van der Waals surface area contributed by atoms with E-state index in [0.29, 0.717) is 12.5 Å². The number of aromatic nitrogens is 2. The average molecular weight is 210 g/mol. The van der Waals surface area contributed by atoms with Crippen molar-refractivity contribution >= 4 is 5.82 Å². The fourth-order valence-electron chi connectivity index (χ4n) is 1.16. The highest BCUT2D eigenvalue weighted by Gasteiger charge is 2.06. The molecule has 0 aliphatic rings. The van der Waals surface area contributed by atoms with E-state index in [2.05, 4.69) is 20.2 Å². The molecular formula is C10H18N4O. The lowest BCUT2D eigenvalue weighted by Crippen LogP contribution is -2.20. The summed E-state index contributed by atoms with van der Waals surface area (Å²) < 4.78 is 5.56. The Balaban J connectivity index is 2.61. The number of likely N-dealkylation sites (N-methyl/N-ethyl adjacent to an activating group) is 1. The summed E-state index contributed by atoms with van der Waals surface area (Å²) in [5, 5.41) is 2.99. The summed E-state index contributed by atoms with van der Waals surface area (Å²) in [4.78, 5) is 10.2. The molecule has 15 heavy (non-hydrogen) atoms. The molecule has 5 nitrogen and oxygen atoms in total. The molecule has 1 aromatic heterocycles. The molecule has 5 heteroatoms. The fraction of sp³-hybridized carbons (Fsp3) is 0.600. The first kappa shape index (κ1) is 11.7. The smallest absolute Gasteiger partial charge is 0.221 e. The molecule has 0 aliphatic heterocycles. The second-order valence-electron chi connectivity index (χ2n) is 3.55. The molecule has 1 aromatic rings. The lowest BCUT2D eigenvalue weighted by molar-refractivity contribution is 0.252. The summed E-state index contributed by atoms with van der Waals surface area (Å²) >= 11 is 0. The van der Waals surface area contributed by atoms with Crippen LogP contribution in [0.2, 0.25) is 0 Å². The van der Waals surface area contributed by atoms with Crippen LogP contribution in [-0.2, 0) is 0 Å².